The summed E-state index contributed by atoms with van der Waals surface area (Å²) in [5.74, 6) is -0.236. The second kappa shape index (κ2) is 7.92. The summed E-state index contributed by atoms with van der Waals surface area (Å²) >= 11 is 3.24. The highest BCUT2D eigenvalue weighted by molar-refractivity contribution is 9.10. The fourth-order valence-corrected chi connectivity index (χ4v) is 3.73. The zero-order valence-corrected chi connectivity index (χ0v) is 15.9. The molecule has 0 aliphatic heterocycles. The fraction of sp³-hybridized carbons (Fsp3) is 0.235. The minimum absolute atomic E-state index is 0.0333. The smallest absolute Gasteiger partial charge is 0.240 e. The van der Waals surface area contributed by atoms with E-state index >= 15 is 0 Å². The molecule has 7 heteroatoms. The fourth-order valence-electron chi connectivity index (χ4n) is 2.10. The summed E-state index contributed by atoms with van der Waals surface area (Å²) in [6, 6.07) is 12.2. The van der Waals surface area contributed by atoms with E-state index in [-0.39, 0.29) is 23.8 Å². The third-order valence-electron chi connectivity index (χ3n) is 3.42. The number of amides is 1. The van der Waals surface area contributed by atoms with Crippen molar-refractivity contribution >= 4 is 37.5 Å². The van der Waals surface area contributed by atoms with E-state index < -0.39 is 10.0 Å². The van der Waals surface area contributed by atoms with Gasteiger partial charge in [-0.25, -0.2) is 13.1 Å². The number of nitrogens with one attached hydrogen (secondary N) is 2. The topological polar surface area (TPSA) is 75.3 Å². The molecule has 0 aliphatic carbocycles. The SMILES string of the molecule is Cc1ccc(C)c(NC(=O)CCNS(=O)(=O)c2cccc(Br)c2)c1. The largest absolute Gasteiger partial charge is 0.326 e. The van der Waals surface area contributed by atoms with Crippen LogP contribution < -0.4 is 10.0 Å². The first-order valence-electron chi connectivity index (χ1n) is 7.40. The van der Waals surface area contributed by atoms with Crippen LogP contribution >= 0.6 is 15.9 Å². The minimum atomic E-state index is -3.63. The van der Waals surface area contributed by atoms with E-state index in [4.69, 9.17) is 0 Å². The molecule has 128 valence electrons. The molecule has 2 aromatic rings. The first kappa shape index (κ1) is 18.6. The zero-order chi connectivity index (χ0) is 17.7. The van der Waals surface area contributed by atoms with Crippen molar-refractivity contribution in [1.82, 2.24) is 4.72 Å². The number of hydrogen-bond acceptors (Lipinski definition) is 3. The number of rotatable bonds is 6. The monoisotopic (exact) mass is 410 g/mol. The van der Waals surface area contributed by atoms with E-state index in [1.54, 1.807) is 12.1 Å². The van der Waals surface area contributed by atoms with E-state index in [9.17, 15) is 13.2 Å². The normalized spacial score (nSPS) is 11.3. The summed E-state index contributed by atoms with van der Waals surface area (Å²) in [5.41, 5.74) is 2.75. The van der Waals surface area contributed by atoms with E-state index in [0.29, 0.717) is 4.47 Å². The quantitative estimate of drug-likeness (QED) is 0.766. The maximum atomic E-state index is 12.2. The van der Waals surface area contributed by atoms with Gasteiger partial charge in [-0.2, -0.15) is 0 Å². The van der Waals surface area contributed by atoms with Gasteiger partial charge in [-0.1, -0.05) is 34.1 Å². The first-order chi connectivity index (χ1) is 11.3. The standard InChI is InChI=1S/C17H19BrN2O3S/c1-12-6-7-13(2)16(10-12)20-17(21)8-9-19-24(22,23)15-5-3-4-14(18)11-15/h3-7,10-11,19H,8-9H2,1-2H3,(H,20,21). The number of carbonyl (C=O) groups excluding carboxylic acids is 1. The van der Waals surface area contributed by atoms with E-state index in [0.717, 1.165) is 16.8 Å². The molecular weight excluding hydrogens is 392 g/mol. The van der Waals surface area contributed by atoms with Gasteiger partial charge in [0.05, 0.1) is 4.90 Å². The van der Waals surface area contributed by atoms with Crippen molar-refractivity contribution in [3.8, 4) is 0 Å². The Hall–Kier alpha value is -1.70. The van der Waals surface area contributed by atoms with Gasteiger partial charge in [-0.05, 0) is 49.2 Å². The zero-order valence-electron chi connectivity index (χ0n) is 13.5. The second-order valence-corrected chi connectivity index (χ2v) is 8.15. The average molecular weight is 411 g/mol. The molecule has 0 aliphatic rings. The molecule has 0 aromatic heterocycles. The molecule has 0 spiro atoms. The number of anilines is 1. The van der Waals surface area contributed by atoms with Crippen LogP contribution in [0.25, 0.3) is 0 Å². The van der Waals surface area contributed by atoms with Crippen LogP contribution in [0.15, 0.2) is 51.8 Å². The van der Waals surface area contributed by atoms with Crippen molar-refractivity contribution in [3.63, 3.8) is 0 Å². The minimum Gasteiger partial charge on any atom is -0.326 e. The van der Waals surface area contributed by atoms with Crippen LogP contribution in [0, 0.1) is 13.8 Å². The summed E-state index contributed by atoms with van der Waals surface area (Å²) in [6.07, 6.45) is 0.0562. The Morgan fingerprint density at radius 1 is 1.12 bits per heavy atom. The number of hydrogen-bond donors (Lipinski definition) is 2. The Bertz CT molecular complexity index is 851. The highest BCUT2D eigenvalue weighted by atomic mass is 79.9. The Morgan fingerprint density at radius 2 is 1.88 bits per heavy atom. The van der Waals surface area contributed by atoms with Crippen LogP contribution in [0.5, 0.6) is 0 Å². The van der Waals surface area contributed by atoms with E-state index in [2.05, 4.69) is 26.0 Å². The van der Waals surface area contributed by atoms with Crippen LogP contribution in [-0.2, 0) is 14.8 Å². The summed E-state index contributed by atoms with van der Waals surface area (Å²) in [4.78, 5) is 12.2. The molecule has 0 heterocycles. The Morgan fingerprint density at radius 3 is 2.58 bits per heavy atom. The van der Waals surface area contributed by atoms with Crippen molar-refractivity contribution in [2.24, 2.45) is 0 Å². The molecule has 0 unspecified atom stereocenters. The maximum absolute atomic E-state index is 12.2. The van der Waals surface area contributed by atoms with Crippen molar-refractivity contribution in [1.29, 1.82) is 0 Å². The lowest BCUT2D eigenvalue weighted by atomic mass is 10.1. The van der Waals surface area contributed by atoms with Gasteiger partial charge >= 0.3 is 0 Å². The van der Waals surface area contributed by atoms with Crippen molar-refractivity contribution < 1.29 is 13.2 Å². The van der Waals surface area contributed by atoms with Gasteiger partial charge in [-0.15, -0.1) is 0 Å². The van der Waals surface area contributed by atoms with Gasteiger partial charge in [0.1, 0.15) is 0 Å². The molecule has 24 heavy (non-hydrogen) atoms. The van der Waals surface area contributed by atoms with Gasteiger partial charge < -0.3 is 5.32 Å². The van der Waals surface area contributed by atoms with Crippen LogP contribution in [0.2, 0.25) is 0 Å². The average Bonchev–Trinajstić information content (AvgIpc) is 2.51. The van der Waals surface area contributed by atoms with Gasteiger partial charge in [0.2, 0.25) is 15.9 Å². The summed E-state index contributed by atoms with van der Waals surface area (Å²) in [6.45, 7) is 3.89. The lowest BCUT2D eigenvalue weighted by Crippen LogP contribution is -2.28. The maximum Gasteiger partial charge on any atom is 0.240 e. The summed E-state index contributed by atoms with van der Waals surface area (Å²) < 4.78 is 27.4. The predicted molar refractivity (Wildman–Crippen MR) is 98.5 cm³/mol. The Labute approximate surface area is 150 Å². The highest BCUT2D eigenvalue weighted by Gasteiger charge is 2.14. The van der Waals surface area contributed by atoms with E-state index in [1.165, 1.54) is 12.1 Å². The van der Waals surface area contributed by atoms with Gasteiger partial charge in [0.15, 0.2) is 0 Å². The van der Waals surface area contributed by atoms with Gasteiger partial charge in [0, 0.05) is 23.1 Å². The lowest BCUT2D eigenvalue weighted by Gasteiger charge is -2.10. The second-order valence-electron chi connectivity index (χ2n) is 5.47. The van der Waals surface area contributed by atoms with Crippen molar-refractivity contribution in [3.05, 3.63) is 58.1 Å². The predicted octanol–water partition coefficient (Wildman–Crippen LogP) is 3.37. The molecule has 0 saturated heterocycles. The Kier molecular flexibility index (Phi) is 6.15. The van der Waals surface area contributed by atoms with Crippen LogP contribution in [0.3, 0.4) is 0 Å². The molecule has 0 fully saturated rings. The van der Waals surface area contributed by atoms with E-state index in [1.807, 2.05) is 32.0 Å². The Balaban J connectivity index is 1.91. The number of aryl methyl sites for hydroxylation is 2. The lowest BCUT2D eigenvalue weighted by molar-refractivity contribution is -0.116. The number of benzene rings is 2. The molecule has 0 radical (unpaired) electrons. The summed E-state index contributed by atoms with van der Waals surface area (Å²) in [7, 11) is -3.63. The molecule has 0 bridgehead atoms. The van der Waals surface area contributed by atoms with Gasteiger partial charge in [-0.3, -0.25) is 4.79 Å². The third kappa shape index (κ3) is 5.15. The van der Waals surface area contributed by atoms with Crippen molar-refractivity contribution in [2.75, 3.05) is 11.9 Å². The summed E-state index contributed by atoms with van der Waals surface area (Å²) in [5, 5.41) is 2.80. The molecule has 2 N–H and O–H groups in total. The number of carbonyl (C=O) groups is 1. The third-order valence-corrected chi connectivity index (χ3v) is 5.37. The molecule has 5 nitrogen and oxygen atoms in total. The van der Waals surface area contributed by atoms with Crippen LogP contribution in [-0.4, -0.2) is 20.9 Å². The molecule has 0 atom stereocenters. The molecular formula is C17H19BrN2O3S. The van der Waals surface area contributed by atoms with Gasteiger partial charge in [0.25, 0.3) is 0 Å². The van der Waals surface area contributed by atoms with Crippen molar-refractivity contribution in [2.45, 2.75) is 25.2 Å². The molecule has 2 rings (SSSR count). The molecule has 1 amide bonds. The number of sulfonamides is 1. The highest BCUT2D eigenvalue weighted by Crippen LogP contribution is 2.17. The molecule has 2 aromatic carbocycles. The van der Waals surface area contributed by atoms with Crippen LogP contribution in [0.1, 0.15) is 17.5 Å². The molecule has 0 saturated carbocycles. The number of halogens is 1. The first-order valence-corrected chi connectivity index (χ1v) is 9.68. The van der Waals surface area contributed by atoms with Crippen LogP contribution in [0.4, 0.5) is 5.69 Å².